The van der Waals surface area contributed by atoms with Crippen molar-refractivity contribution in [2.75, 3.05) is 46.6 Å². The average Bonchev–Trinajstić information content (AvgIpc) is 2.95. The zero-order valence-corrected chi connectivity index (χ0v) is 14.0. The third-order valence-electron chi connectivity index (χ3n) is 3.73. The second kappa shape index (κ2) is 8.59. The zero-order valence-electron chi connectivity index (χ0n) is 13.2. The molecule has 1 aromatic heterocycles. The predicted octanol–water partition coefficient (Wildman–Crippen LogP) is 0.520. The summed E-state index contributed by atoms with van der Waals surface area (Å²) in [5.41, 5.74) is 5.77. The highest BCUT2D eigenvalue weighted by atomic mass is 32.1. The first-order valence-corrected chi connectivity index (χ1v) is 8.34. The molecule has 1 amide bonds. The smallest absolute Gasteiger partial charge is 0.239 e. The lowest BCUT2D eigenvalue weighted by molar-refractivity contribution is -0.123. The van der Waals surface area contributed by atoms with Crippen molar-refractivity contribution in [3.05, 3.63) is 21.9 Å². The van der Waals surface area contributed by atoms with E-state index >= 15 is 0 Å². The zero-order chi connectivity index (χ0) is 15.9. The number of carbonyl (C=O) groups excluding carboxylic acids is 1. The fourth-order valence-corrected chi connectivity index (χ4v) is 3.53. The third kappa shape index (κ3) is 4.76. The number of nitrogens with two attached hydrogens (primary N) is 1. The van der Waals surface area contributed by atoms with Crippen LogP contribution in [0.3, 0.4) is 0 Å². The van der Waals surface area contributed by atoms with Gasteiger partial charge in [-0.05, 0) is 19.1 Å². The largest absolute Gasteiger partial charge is 0.383 e. The second-order valence-electron chi connectivity index (χ2n) is 5.42. The molecule has 124 valence electrons. The van der Waals surface area contributed by atoms with Crippen molar-refractivity contribution in [1.29, 1.82) is 0 Å². The Hall–Kier alpha value is -0.990. The highest BCUT2D eigenvalue weighted by Crippen LogP contribution is 2.27. The highest BCUT2D eigenvalue weighted by molar-refractivity contribution is 7.12. The fraction of sp³-hybridized carbons (Fsp3) is 0.667. The van der Waals surface area contributed by atoms with Crippen molar-refractivity contribution in [2.24, 2.45) is 5.73 Å². The first-order chi connectivity index (χ1) is 10.6. The predicted molar refractivity (Wildman–Crippen MR) is 87.1 cm³/mol. The van der Waals surface area contributed by atoms with Crippen molar-refractivity contribution in [3.8, 4) is 0 Å². The highest BCUT2D eigenvalue weighted by Gasteiger charge is 2.25. The molecule has 0 aromatic carbocycles. The van der Waals surface area contributed by atoms with Crippen LogP contribution in [0.25, 0.3) is 0 Å². The Labute approximate surface area is 135 Å². The van der Waals surface area contributed by atoms with Crippen LogP contribution in [0.4, 0.5) is 0 Å². The van der Waals surface area contributed by atoms with Crippen molar-refractivity contribution in [2.45, 2.75) is 19.0 Å². The summed E-state index contributed by atoms with van der Waals surface area (Å²) in [6.45, 7) is 6.10. The van der Waals surface area contributed by atoms with Gasteiger partial charge in [0.15, 0.2) is 0 Å². The summed E-state index contributed by atoms with van der Waals surface area (Å²) >= 11 is 1.77. The fourth-order valence-electron chi connectivity index (χ4n) is 2.51. The first-order valence-electron chi connectivity index (χ1n) is 7.52. The number of nitrogens with one attached hydrogen (secondary N) is 1. The number of nitrogens with zero attached hydrogens (tertiary/aromatic N) is 1. The molecule has 0 spiro atoms. The van der Waals surface area contributed by atoms with Gasteiger partial charge in [0.25, 0.3) is 0 Å². The van der Waals surface area contributed by atoms with Crippen LogP contribution in [0.1, 0.15) is 15.8 Å². The molecule has 2 atom stereocenters. The average molecular weight is 327 g/mol. The molecular weight excluding hydrogens is 302 g/mol. The molecule has 1 saturated heterocycles. The van der Waals surface area contributed by atoms with Crippen LogP contribution in [-0.2, 0) is 14.3 Å². The summed E-state index contributed by atoms with van der Waals surface area (Å²) < 4.78 is 10.3. The molecular formula is C15H25N3O3S. The van der Waals surface area contributed by atoms with E-state index in [1.165, 1.54) is 16.9 Å². The van der Waals surface area contributed by atoms with E-state index < -0.39 is 6.04 Å². The number of rotatable bonds is 7. The van der Waals surface area contributed by atoms with E-state index in [4.69, 9.17) is 15.2 Å². The Morgan fingerprint density at radius 2 is 2.23 bits per heavy atom. The molecule has 1 fully saturated rings. The molecule has 1 aliphatic heterocycles. The van der Waals surface area contributed by atoms with Crippen molar-refractivity contribution < 1.29 is 14.3 Å². The van der Waals surface area contributed by atoms with Crippen LogP contribution in [0, 0.1) is 6.92 Å². The summed E-state index contributed by atoms with van der Waals surface area (Å²) in [6, 6.07) is 3.80. The lowest BCUT2D eigenvalue weighted by Gasteiger charge is -2.34. The number of methoxy groups -OCH3 is 1. The maximum atomic E-state index is 12.0. The Morgan fingerprint density at radius 1 is 1.50 bits per heavy atom. The van der Waals surface area contributed by atoms with Gasteiger partial charge in [-0.2, -0.15) is 0 Å². The van der Waals surface area contributed by atoms with Gasteiger partial charge in [0, 0.05) is 36.5 Å². The van der Waals surface area contributed by atoms with Gasteiger partial charge in [-0.25, -0.2) is 0 Å². The van der Waals surface area contributed by atoms with Crippen LogP contribution in [0.5, 0.6) is 0 Å². The van der Waals surface area contributed by atoms with Crippen molar-refractivity contribution in [3.63, 3.8) is 0 Å². The van der Waals surface area contributed by atoms with E-state index in [1.807, 2.05) is 0 Å². The maximum Gasteiger partial charge on any atom is 0.239 e. The van der Waals surface area contributed by atoms with Crippen LogP contribution >= 0.6 is 11.3 Å². The normalized spacial score (nSPS) is 18.9. The molecule has 0 bridgehead atoms. The van der Waals surface area contributed by atoms with E-state index in [-0.39, 0.29) is 18.6 Å². The molecule has 3 N–H and O–H groups in total. The van der Waals surface area contributed by atoms with Gasteiger partial charge in [-0.3, -0.25) is 9.69 Å². The minimum absolute atomic E-state index is 0.168. The monoisotopic (exact) mass is 327 g/mol. The lowest BCUT2D eigenvalue weighted by Crippen LogP contribution is -2.48. The van der Waals surface area contributed by atoms with Gasteiger partial charge in [0.2, 0.25) is 5.91 Å². The summed E-state index contributed by atoms with van der Waals surface area (Å²) in [4.78, 5) is 16.9. The number of hydrogen-bond donors (Lipinski definition) is 2. The molecule has 2 heterocycles. The Bertz CT molecular complexity index is 474. The summed E-state index contributed by atoms with van der Waals surface area (Å²) in [5, 5.41) is 2.95. The standard InChI is InChI=1S/C15H25N3O3S/c1-11-3-4-14(22-11)13(18-5-7-21-8-6-18)9-17-15(19)12(16)10-20-2/h3-4,12-13H,5-10,16H2,1-2H3,(H,17,19). The summed E-state index contributed by atoms with van der Waals surface area (Å²) in [5.74, 6) is -0.173. The molecule has 0 saturated carbocycles. The van der Waals surface area contributed by atoms with Gasteiger partial charge in [0.05, 0.1) is 25.9 Å². The molecule has 1 aliphatic rings. The third-order valence-corrected chi connectivity index (χ3v) is 4.83. The number of ether oxygens (including phenoxy) is 2. The SMILES string of the molecule is COCC(N)C(=O)NCC(c1ccc(C)s1)N1CCOCC1. The molecule has 1 aromatic rings. The van der Waals surface area contributed by atoms with Crippen LogP contribution in [0.15, 0.2) is 12.1 Å². The van der Waals surface area contributed by atoms with E-state index in [1.54, 1.807) is 11.3 Å². The van der Waals surface area contributed by atoms with E-state index in [2.05, 4.69) is 29.3 Å². The molecule has 22 heavy (non-hydrogen) atoms. The van der Waals surface area contributed by atoms with Crippen molar-refractivity contribution in [1.82, 2.24) is 10.2 Å². The number of carbonyl (C=O) groups is 1. The summed E-state index contributed by atoms with van der Waals surface area (Å²) in [6.07, 6.45) is 0. The Balaban J connectivity index is 2.00. The molecule has 7 heteroatoms. The molecule has 0 radical (unpaired) electrons. The molecule has 6 nitrogen and oxygen atoms in total. The maximum absolute atomic E-state index is 12.0. The van der Waals surface area contributed by atoms with Gasteiger partial charge in [0.1, 0.15) is 6.04 Å². The van der Waals surface area contributed by atoms with Crippen LogP contribution in [-0.4, -0.2) is 63.4 Å². The number of thiophene rings is 1. The number of hydrogen-bond acceptors (Lipinski definition) is 6. The van der Waals surface area contributed by atoms with E-state index in [0.717, 1.165) is 26.3 Å². The quantitative estimate of drug-likeness (QED) is 0.763. The van der Waals surface area contributed by atoms with Gasteiger partial charge >= 0.3 is 0 Å². The minimum atomic E-state index is -0.625. The number of morpholine rings is 1. The van der Waals surface area contributed by atoms with E-state index in [9.17, 15) is 4.79 Å². The van der Waals surface area contributed by atoms with Crippen LogP contribution < -0.4 is 11.1 Å². The minimum Gasteiger partial charge on any atom is -0.383 e. The van der Waals surface area contributed by atoms with Gasteiger partial charge in [-0.1, -0.05) is 0 Å². The molecule has 0 aliphatic carbocycles. The van der Waals surface area contributed by atoms with Crippen molar-refractivity contribution >= 4 is 17.2 Å². The number of aryl methyl sites for hydroxylation is 1. The summed E-state index contributed by atoms with van der Waals surface area (Å²) in [7, 11) is 1.54. The Kier molecular flexibility index (Phi) is 6.78. The van der Waals surface area contributed by atoms with E-state index in [0.29, 0.717) is 6.54 Å². The van der Waals surface area contributed by atoms with Gasteiger partial charge < -0.3 is 20.5 Å². The molecule has 2 unspecified atom stereocenters. The topological polar surface area (TPSA) is 76.8 Å². The van der Waals surface area contributed by atoms with Crippen LogP contribution in [0.2, 0.25) is 0 Å². The second-order valence-corrected chi connectivity index (χ2v) is 6.74. The number of amides is 1. The lowest BCUT2D eigenvalue weighted by atomic mass is 10.1. The Morgan fingerprint density at radius 3 is 2.82 bits per heavy atom. The molecule has 2 rings (SSSR count). The van der Waals surface area contributed by atoms with Gasteiger partial charge in [-0.15, -0.1) is 11.3 Å². The first kappa shape index (κ1) is 17.4.